The van der Waals surface area contributed by atoms with E-state index in [0.29, 0.717) is 17.7 Å². The van der Waals surface area contributed by atoms with Crippen LogP contribution in [0, 0.1) is 18.8 Å². The second-order valence-corrected chi connectivity index (χ2v) is 6.82. The molecule has 1 aliphatic carbocycles. The molecule has 3 N–H and O–H groups in total. The minimum atomic E-state index is -3.61. The highest BCUT2D eigenvalue weighted by atomic mass is 32.2. The molecule has 1 amide bonds. The van der Waals surface area contributed by atoms with E-state index in [1.165, 1.54) is 13.1 Å². The van der Waals surface area contributed by atoms with Crippen LogP contribution in [0.5, 0.6) is 0 Å². The number of aryl methyl sites for hydroxylation is 1. The Kier molecular flexibility index (Phi) is 4.02. The van der Waals surface area contributed by atoms with Crippen LogP contribution in [-0.4, -0.2) is 32.4 Å². The largest absolute Gasteiger partial charge is 0.481 e. The number of amides is 1. The molecule has 0 spiro atoms. The van der Waals surface area contributed by atoms with Crippen LogP contribution in [0.2, 0.25) is 0 Å². The first-order valence-electron chi connectivity index (χ1n) is 6.34. The molecule has 0 heterocycles. The second-order valence-electron chi connectivity index (χ2n) is 4.96. The van der Waals surface area contributed by atoms with Crippen LogP contribution in [0.3, 0.4) is 0 Å². The number of aliphatic carboxylic acids is 1. The average Bonchev–Trinajstić information content (AvgIpc) is 3.21. The Morgan fingerprint density at radius 2 is 1.95 bits per heavy atom. The zero-order chi connectivity index (χ0) is 15.8. The summed E-state index contributed by atoms with van der Waals surface area (Å²) >= 11 is 0. The van der Waals surface area contributed by atoms with Crippen molar-refractivity contribution in [2.75, 3.05) is 12.4 Å². The third kappa shape index (κ3) is 3.22. The van der Waals surface area contributed by atoms with E-state index in [1.807, 2.05) is 0 Å². The summed E-state index contributed by atoms with van der Waals surface area (Å²) in [4.78, 5) is 22.7. The number of hydrogen-bond acceptors (Lipinski definition) is 4. The van der Waals surface area contributed by atoms with Crippen LogP contribution in [0.25, 0.3) is 0 Å². The van der Waals surface area contributed by atoms with Crippen molar-refractivity contribution in [1.82, 2.24) is 4.72 Å². The molecule has 2 rings (SSSR count). The van der Waals surface area contributed by atoms with Crippen molar-refractivity contribution < 1.29 is 23.1 Å². The second kappa shape index (κ2) is 5.45. The molecule has 8 heteroatoms. The van der Waals surface area contributed by atoms with Crippen molar-refractivity contribution in [3.63, 3.8) is 0 Å². The van der Waals surface area contributed by atoms with Crippen LogP contribution >= 0.6 is 0 Å². The van der Waals surface area contributed by atoms with Crippen molar-refractivity contribution in [2.45, 2.75) is 18.2 Å². The fourth-order valence-electron chi connectivity index (χ4n) is 2.07. The predicted molar refractivity (Wildman–Crippen MR) is 75.3 cm³/mol. The van der Waals surface area contributed by atoms with Gasteiger partial charge in [-0.2, -0.15) is 0 Å². The van der Waals surface area contributed by atoms with Gasteiger partial charge in [0.25, 0.3) is 0 Å². The molecule has 0 radical (unpaired) electrons. The van der Waals surface area contributed by atoms with Crippen LogP contribution < -0.4 is 10.0 Å². The SMILES string of the molecule is CNS(=O)(=O)c1cc(NC(=O)C2CC2C(=O)O)ccc1C. The molecule has 2 unspecified atom stereocenters. The number of carbonyl (C=O) groups excluding carboxylic acids is 1. The van der Waals surface area contributed by atoms with Gasteiger partial charge in [0.15, 0.2) is 0 Å². The van der Waals surface area contributed by atoms with Gasteiger partial charge in [0.05, 0.1) is 16.7 Å². The summed E-state index contributed by atoms with van der Waals surface area (Å²) in [5.74, 6) is -2.58. The molecule has 1 fully saturated rings. The summed E-state index contributed by atoms with van der Waals surface area (Å²) in [7, 11) is -2.30. The van der Waals surface area contributed by atoms with Gasteiger partial charge in [-0.05, 0) is 38.1 Å². The minimum absolute atomic E-state index is 0.0772. The van der Waals surface area contributed by atoms with Crippen LogP contribution in [-0.2, 0) is 19.6 Å². The molecule has 0 aromatic heterocycles. The van der Waals surface area contributed by atoms with Crippen molar-refractivity contribution in [2.24, 2.45) is 11.8 Å². The van der Waals surface area contributed by atoms with E-state index < -0.39 is 33.7 Å². The van der Waals surface area contributed by atoms with Crippen molar-refractivity contribution in [3.05, 3.63) is 23.8 Å². The summed E-state index contributed by atoms with van der Waals surface area (Å²) in [5.41, 5.74) is 0.882. The first-order valence-corrected chi connectivity index (χ1v) is 7.82. The number of sulfonamides is 1. The molecule has 2 atom stereocenters. The summed E-state index contributed by atoms with van der Waals surface area (Å²) in [6, 6.07) is 4.53. The Labute approximate surface area is 122 Å². The van der Waals surface area contributed by atoms with E-state index >= 15 is 0 Å². The van der Waals surface area contributed by atoms with Gasteiger partial charge in [0, 0.05) is 5.69 Å². The zero-order valence-corrected chi connectivity index (χ0v) is 12.4. The molecular weight excluding hydrogens is 296 g/mol. The maximum absolute atomic E-state index is 11.9. The predicted octanol–water partition coefficient (Wildman–Crippen LogP) is 0.562. The Balaban J connectivity index is 2.17. The molecule has 114 valence electrons. The van der Waals surface area contributed by atoms with E-state index in [0.717, 1.165) is 0 Å². The minimum Gasteiger partial charge on any atom is -0.481 e. The van der Waals surface area contributed by atoms with E-state index in [1.54, 1.807) is 19.1 Å². The highest BCUT2D eigenvalue weighted by molar-refractivity contribution is 7.89. The van der Waals surface area contributed by atoms with Crippen molar-refractivity contribution >= 4 is 27.6 Å². The quantitative estimate of drug-likeness (QED) is 0.735. The van der Waals surface area contributed by atoms with E-state index in [4.69, 9.17) is 5.11 Å². The summed E-state index contributed by atoms with van der Waals surface area (Å²) in [6.07, 6.45) is 0.314. The van der Waals surface area contributed by atoms with Crippen LogP contribution in [0.15, 0.2) is 23.1 Å². The molecule has 0 bridgehead atoms. The topological polar surface area (TPSA) is 113 Å². The number of carbonyl (C=O) groups is 2. The Bertz CT molecular complexity index is 699. The number of nitrogens with one attached hydrogen (secondary N) is 2. The van der Waals surface area contributed by atoms with E-state index in [-0.39, 0.29) is 4.90 Å². The number of anilines is 1. The van der Waals surface area contributed by atoms with E-state index in [2.05, 4.69) is 10.0 Å². The normalized spacial score (nSPS) is 20.9. The number of rotatable bonds is 5. The lowest BCUT2D eigenvalue weighted by Crippen LogP contribution is -2.21. The van der Waals surface area contributed by atoms with Gasteiger partial charge < -0.3 is 10.4 Å². The maximum Gasteiger partial charge on any atom is 0.307 e. The number of carboxylic acid groups (broad SMARTS) is 1. The lowest BCUT2D eigenvalue weighted by Gasteiger charge is -2.10. The first-order chi connectivity index (χ1) is 9.76. The lowest BCUT2D eigenvalue weighted by atomic mass is 10.2. The van der Waals surface area contributed by atoms with Crippen molar-refractivity contribution in [1.29, 1.82) is 0 Å². The first kappa shape index (κ1) is 15.5. The average molecular weight is 312 g/mol. The fraction of sp³-hybridized carbons (Fsp3) is 0.385. The van der Waals surface area contributed by atoms with Gasteiger partial charge in [-0.25, -0.2) is 13.1 Å². The maximum atomic E-state index is 11.9. The molecular formula is C13H16N2O5S. The fourth-order valence-corrected chi connectivity index (χ4v) is 3.06. The highest BCUT2D eigenvalue weighted by Gasteiger charge is 2.48. The highest BCUT2D eigenvalue weighted by Crippen LogP contribution is 2.39. The third-order valence-corrected chi connectivity index (χ3v) is 5.01. The van der Waals surface area contributed by atoms with E-state index in [9.17, 15) is 18.0 Å². The number of hydrogen-bond donors (Lipinski definition) is 3. The smallest absolute Gasteiger partial charge is 0.307 e. The molecule has 21 heavy (non-hydrogen) atoms. The Morgan fingerprint density at radius 1 is 1.29 bits per heavy atom. The van der Waals surface area contributed by atoms with Crippen LogP contribution in [0.4, 0.5) is 5.69 Å². The third-order valence-electron chi connectivity index (χ3n) is 3.46. The standard InChI is InChI=1S/C13H16N2O5S/c1-7-3-4-8(5-11(7)21(19,20)14-2)15-12(16)9-6-10(9)13(17)18/h3-5,9-10,14H,6H2,1-2H3,(H,15,16)(H,17,18). The van der Waals surface area contributed by atoms with Gasteiger partial charge >= 0.3 is 5.97 Å². The summed E-state index contributed by atoms with van der Waals surface area (Å²) in [5, 5.41) is 11.3. The molecule has 0 saturated heterocycles. The monoisotopic (exact) mass is 312 g/mol. The molecule has 1 aliphatic rings. The van der Waals surface area contributed by atoms with Crippen LogP contribution in [0.1, 0.15) is 12.0 Å². The lowest BCUT2D eigenvalue weighted by molar-refractivity contribution is -0.139. The summed E-state index contributed by atoms with van der Waals surface area (Å²) < 4.78 is 25.9. The number of benzene rings is 1. The number of carboxylic acids is 1. The Hall–Kier alpha value is -1.93. The molecule has 1 aromatic rings. The van der Waals surface area contributed by atoms with Gasteiger partial charge in [0.2, 0.25) is 15.9 Å². The van der Waals surface area contributed by atoms with Gasteiger partial charge in [-0.3, -0.25) is 9.59 Å². The Morgan fingerprint density at radius 3 is 2.48 bits per heavy atom. The molecule has 0 aliphatic heterocycles. The van der Waals surface area contributed by atoms with Gasteiger partial charge in [-0.15, -0.1) is 0 Å². The molecule has 7 nitrogen and oxygen atoms in total. The van der Waals surface area contributed by atoms with Gasteiger partial charge in [0.1, 0.15) is 0 Å². The molecule has 1 aromatic carbocycles. The summed E-state index contributed by atoms with van der Waals surface area (Å²) in [6.45, 7) is 1.65. The zero-order valence-electron chi connectivity index (χ0n) is 11.6. The molecule has 1 saturated carbocycles. The van der Waals surface area contributed by atoms with Gasteiger partial charge in [-0.1, -0.05) is 6.07 Å². The van der Waals surface area contributed by atoms with Crippen molar-refractivity contribution in [3.8, 4) is 0 Å².